The lowest BCUT2D eigenvalue weighted by Gasteiger charge is -2.07. The Morgan fingerprint density at radius 3 is 2.71 bits per heavy atom. The standard InChI is InChI=1S/C21H16ClN5O/c1-26-19-9-5-4-8-18(19)25-21(26)16(10-23)20(28)15-11-24-27(13-15)12-14-6-2-3-7-17(14)22/h2-9,11,13,16H,12H2,1H3/t16-/m1/s1. The summed E-state index contributed by atoms with van der Waals surface area (Å²) in [5.41, 5.74) is 2.89. The lowest BCUT2D eigenvalue weighted by atomic mass is 10.0. The van der Waals surface area contributed by atoms with Crippen LogP contribution in [0.15, 0.2) is 60.9 Å². The van der Waals surface area contributed by atoms with Crippen LogP contribution in [0.25, 0.3) is 11.0 Å². The Bertz CT molecular complexity index is 1220. The Labute approximate surface area is 166 Å². The second-order valence-electron chi connectivity index (χ2n) is 6.46. The maximum absolute atomic E-state index is 13.0. The van der Waals surface area contributed by atoms with Gasteiger partial charge < -0.3 is 4.57 Å². The number of ketones is 1. The van der Waals surface area contributed by atoms with Gasteiger partial charge in [-0.2, -0.15) is 10.4 Å². The average molecular weight is 390 g/mol. The first-order chi connectivity index (χ1) is 13.6. The van der Waals surface area contributed by atoms with Crippen LogP contribution in [0.3, 0.4) is 0 Å². The molecular formula is C21H16ClN5O. The molecule has 0 saturated carbocycles. The second kappa shape index (κ2) is 7.29. The number of para-hydroxylation sites is 2. The number of hydrogen-bond donors (Lipinski definition) is 0. The molecule has 0 aliphatic heterocycles. The summed E-state index contributed by atoms with van der Waals surface area (Å²) in [6.45, 7) is 0.441. The highest BCUT2D eigenvalue weighted by atomic mass is 35.5. The van der Waals surface area contributed by atoms with Crippen molar-refractivity contribution >= 4 is 28.4 Å². The van der Waals surface area contributed by atoms with Crippen molar-refractivity contribution in [2.24, 2.45) is 7.05 Å². The summed E-state index contributed by atoms with van der Waals surface area (Å²) in [6, 6.07) is 17.1. The number of imidazole rings is 1. The van der Waals surface area contributed by atoms with E-state index < -0.39 is 5.92 Å². The number of hydrogen-bond acceptors (Lipinski definition) is 4. The largest absolute Gasteiger partial charge is 0.330 e. The highest BCUT2D eigenvalue weighted by Crippen LogP contribution is 2.24. The van der Waals surface area contributed by atoms with Crippen molar-refractivity contribution in [3.05, 3.63) is 82.9 Å². The van der Waals surface area contributed by atoms with Crippen LogP contribution in [0.4, 0.5) is 0 Å². The number of aromatic nitrogens is 4. The number of rotatable bonds is 5. The molecular weight excluding hydrogens is 374 g/mol. The highest BCUT2D eigenvalue weighted by molar-refractivity contribution is 6.31. The van der Waals surface area contributed by atoms with Crippen LogP contribution < -0.4 is 0 Å². The molecule has 0 aliphatic rings. The molecule has 0 saturated heterocycles. The van der Waals surface area contributed by atoms with Gasteiger partial charge in [0, 0.05) is 18.3 Å². The first-order valence-corrected chi connectivity index (χ1v) is 9.07. The molecule has 0 bridgehead atoms. The van der Waals surface area contributed by atoms with Crippen LogP contribution in [0.5, 0.6) is 0 Å². The molecule has 0 radical (unpaired) electrons. The molecule has 138 valence electrons. The molecule has 6 nitrogen and oxygen atoms in total. The van der Waals surface area contributed by atoms with Gasteiger partial charge >= 0.3 is 0 Å². The van der Waals surface area contributed by atoms with Crippen LogP contribution in [0.2, 0.25) is 5.02 Å². The van der Waals surface area contributed by atoms with Gasteiger partial charge in [-0.1, -0.05) is 41.9 Å². The smallest absolute Gasteiger partial charge is 0.190 e. The van der Waals surface area contributed by atoms with Crippen molar-refractivity contribution < 1.29 is 4.79 Å². The van der Waals surface area contributed by atoms with Crippen molar-refractivity contribution in [3.8, 4) is 6.07 Å². The number of carbonyl (C=O) groups excluding carboxylic acids is 1. The van der Waals surface area contributed by atoms with E-state index in [1.165, 1.54) is 6.20 Å². The van der Waals surface area contributed by atoms with Crippen LogP contribution in [0, 0.1) is 11.3 Å². The Balaban J connectivity index is 1.63. The summed E-state index contributed by atoms with van der Waals surface area (Å²) in [7, 11) is 1.81. The topological polar surface area (TPSA) is 76.5 Å². The van der Waals surface area contributed by atoms with Crippen LogP contribution >= 0.6 is 11.6 Å². The van der Waals surface area contributed by atoms with Gasteiger partial charge in [0.1, 0.15) is 5.82 Å². The quantitative estimate of drug-likeness (QED) is 0.484. The van der Waals surface area contributed by atoms with Gasteiger partial charge in [-0.25, -0.2) is 4.98 Å². The fourth-order valence-corrected chi connectivity index (χ4v) is 3.40. The highest BCUT2D eigenvalue weighted by Gasteiger charge is 2.27. The number of benzene rings is 2. The maximum atomic E-state index is 13.0. The first kappa shape index (κ1) is 18.0. The zero-order valence-electron chi connectivity index (χ0n) is 15.1. The van der Waals surface area contributed by atoms with E-state index in [4.69, 9.17) is 11.6 Å². The fourth-order valence-electron chi connectivity index (χ4n) is 3.20. The van der Waals surface area contributed by atoms with E-state index in [1.807, 2.05) is 55.6 Å². The van der Waals surface area contributed by atoms with Crippen LogP contribution in [-0.4, -0.2) is 25.1 Å². The molecule has 4 rings (SSSR count). The first-order valence-electron chi connectivity index (χ1n) is 8.69. The molecule has 1 atom stereocenters. The third-order valence-corrected chi connectivity index (χ3v) is 5.05. The lowest BCUT2D eigenvalue weighted by molar-refractivity contribution is 0.0975. The number of aryl methyl sites for hydroxylation is 1. The molecule has 0 amide bonds. The third-order valence-electron chi connectivity index (χ3n) is 4.68. The molecule has 2 aromatic carbocycles. The van der Waals surface area contributed by atoms with Crippen molar-refractivity contribution in [1.29, 1.82) is 5.26 Å². The molecule has 0 unspecified atom stereocenters. The van der Waals surface area contributed by atoms with Crippen molar-refractivity contribution in [1.82, 2.24) is 19.3 Å². The van der Waals surface area contributed by atoms with E-state index in [-0.39, 0.29) is 5.78 Å². The summed E-state index contributed by atoms with van der Waals surface area (Å²) >= 11 is 6.19. The molecule has 4 aromatic rings. The predicted molar refractivity (Wildman–Crippen MR) is 106 cm³/mol. The van der Waals surface area contributed by atoms with E-state index in [9.17, 15) is 10.1 Å². The molecule has 0 fully saturated rings. The number of Topliss-reactive ketones (excluding diaryl/α,β-unsaturated/α-hetero) is 1. The molecule has 0 N–H and O–H groups in total. The molecule has 2 aromatic heterocycles. The van der Waals surface area contributed by atoms with Gasteiger partial charge in [-0.15, -0.1) is 0 Å². The van der Waals surface area contributed by atoms with Crippen LogP contribution in [-0.2, 0) is 13.6 Å². The van der Waals surface area contributed by atoms with Gasteiger partial charge in [0.25, 0.3) is 0 Å². The van der Waals surface area contributed by atoms with Crippen molar-refractivity contribution in [2.75, 3.05) is 0 Å². The summed E-state index contributed by atoms with van der Waals surface area (Å²) in [6.07, 6.45) is 3.12. The summed E-state index contributed by atoms with van der Waals surface area (Å²) in [4.78, 5) is 17.5. The van der Waals surface area contributed by atoms with Crippen molar-refractivity contribution in [2.45, 2.75) is 12.5 Å². The normalized spacial score (nSPS) is 12.0. The monoisotopic (exact) mass is 389 g/mol. The number of nitrogens with zero attached hydrogens (tertiary/aromatic N) is 5. The fraction of sp³-hybridized carbons (Fsp3) is 0.143. The van der Waals surface area contributed by atoms with Gasteiger partial charge in [0.05, 0.1) is 35.4 Å². The summed E-state index contributed by atoms with van der Waals surface area (Å²) in [5, 5.41) is 14.6. The van der Waals surface area contributed by atoms with Crippen LogP contribution in [0.1, 0.15) is 27.7 Å². The molecule has 0 aliphatic carbocycles. The average Bonchev–Trinajstić information content (AvgIpc) is 3.30. The van der Waals surface area contributed by atoms with E-state index in [2.05, 4.69) is 16.2 Å². The van der Waals surface area contributed by atoms with Gasteiger partial charge in [0.15, 0.2) is 11.7 Å². The lowest BCUT2D eigenvalue weighted by Crippen LogP contribution is -2.15. The Morgan fingerprint density at radius 1 is 1.21 bits per heavy atom. The Kier molecular flexibility index (Phi) is 4.68. The van der Waals surface area contributed by atoms with Gasteiger partial charge in [0.2, 0.25) is 0 Å². The SMILES string of the molecule is Cn1c([C@H](C#N)C(=O)c2cnn(Cc3ccccc3Cl)c2)nc2ccccc21. The predicted octanol–water partition coefficient (Wildman–Crippen LogP) is 3.96. The molecule has 0 spiro atoms. The zero-order chi connectivity index (χ0) is 19.7. The zero-order valence-corrected chi connectivity index (χ0v) is 15.8. The van der Waals surface area contributed by atoms with E-state index >= 15 is 0 Å². The second-order valence-corrected chi connectivity index (χ2v) is 6.87. The third kappa shape index (κ3) is 3.17. The Morgan fingerprint density at radius 2 is 1.96 bits per heavy atom. The molecule has 2 heterocycles. The minimum atomic E-state index is -1.00. The molecule has 7 heteroatoms. The summed E-state index contributed by atoms with van der Waals surface area (Å²) < 4.78 is 3.42. The van der Waals surface area contributed by atoms with E-state index in [0.717, 1.165) is 16.6 Å². The van der Waals surface area contributed by atoms with E-state index in [1.54, 1.807) is 15.4 Å². The number of fused-ring (bicyclic) bond motifs is 1. The molecule has 28 heavy (non-hydrogen) atoms. The van der Waals surface area contributed by atoms with Crippen molar-refractivity contribution in [3.63, 3.8) is 0 Å². The van der Waals surface area contributed by atoms with Gasteiger partial charge in [-0.3, -0.25) is 9.48 Å². The summed E-state index contributed by atoms with van der Waals surface area (Å²) in [5.74, 6) is -0.908. The Hall–Kier alpha value is -3.43. The number of nitriles is 1. The van der Waals surface area contributed by atoms with E-state index in [0.29, 0.717) is 23.0 Å². The number of halogens is 1. The maximum Gasteiger partial charge on any atom is 0.190 e. The minimum absolute atomic E-state index is 0.327. The minimum Gasteiger partial charge on any atom is -0.330 e. The van der Waals surface area contributed by atoms with Gasteiger partial charge in [-0.05, 0) is 23.8 Å². The number of carbonyl (C=O) groups is 1.